The highest BCUT2D eigenvalue weighted by molar-refractivity contribution is 6.03. The van der Waals surface area contributed by atoms with E-state index in [4.69, 9.17) is 4.74 Å². The fourth-order valence-electron chi connectivity index (χ4n) is 2.79. The molecule has 22 heavy (non-hydrogen) atoms. The first-order valence-electron chi connectivity index (χ1n) is 7.26. The summed E-state index contributed by atoms with van der Waals surface area (Å²) in [6.07, 6.45) is 0.684. The molecule has 0 aromatic heterocycles. The molecule has 2 aromatic carbocycles. The van der Waals surface area contributed by atoms with Crippen LogP contribution in [0.25, 0.3) is 0 Å². The number of hydrogen-bond donors (Lipinski definition) is 0. The smallest absolute Gasteiger partial charge is 0.240 e. The van der Waals surface area contributed by atoms with Gasteiger partial charge >= 0.3 is 0 Å². The Balaban J connectivity index is 1.98. The maximum atomic E-state index is 12.0. The molecule has 1 heterocycles. The van der Waals surface area contributed by atoms with Gasteiger partial charge in [0.15, 0.2) is 0 Å². The van der Waals surface area contributed by atoms with Gasteiger partial charge in [0.25, 0.3) is 0 Å². The summed E-state index contributed by atoms with van der Waals surface area (Å²) >= 11 is 0. The van der Waals surface area contributed by atoms with Crippen LogP contribution in [0.4, 0.5) is 0 Å². The molecule has 0 saturated carbocycles. The van der Waals surface area contributed by atoms with Crippen LogP contribution in [-0.4, -0.2) is 23.7 Å². The van der Waals surface area contributed by atoms with E-state index >= 15 is 0 Å². The lowest BCUT2D eigenvalue weighted by Gasteiger charge is -2.22. The summed E-state index contributed by atoms with van der Waals surface area (Å²) in [7, 11) is 1.64. The van der Waals surface area contributed by atoms with Gasteiger partial charge in [-0.15, -0.1) is 0 Å². The van der Waals surface area contributed by atoms with Crippen molar-refractivity contribution < 1.29 is 9.53 Å². The van der Waals surface area contributed by atoms with Crippen LogP contribution in [0, 0.1) is 0 Å². The van der Waals surface area contributed by atoms with Crippen molar-refractivity contribution in [2.24, 2.45) is 5.10 Å². The van der Waals surface area contributed by atoms with Gasteiger partial charge in [-0.2, -0.15) is 5.10 Å². The molecule has 2 aromatic rings. The molecule has 112 valence electrons. The van der Waals surface area contributed by atoms with Gasteiger partial charge in [-0.1, -0.05) is 48.5 Å². The monoisotopic (exact) mass is 294 g/mol. The lowest BCUT2D eigenvalue weighted by Crippen LogP contribution is -2.24. The van der Waals surface area contributed by atoms with E-state index < -0.39 is 0 Å². The van der Waals surface area contributed by atoms with Gasteiger partial charge in [0.1, 0.15) is 5.75 Å². The fraction of sp³-hybridized carbons (Fsp3) is 0.222. The quantitative estimate of drug-likeness (QED) is 0.870. The third-order valence-electron chi connectivity index (χ3n) is 3.84. The van der Waals surface area contributed by atoms with Gasteiger partial charge in [-0.05, 0) is 11.6 Å². The topological polar surface area (TPSA) is 41.9 Å². The second-order valence-corrected chi connectivity index (χ2v) is 5.24. The summed E-state index contributed by atoms with van der Waals surface area (Å²) in [5.74, 6) is 0.713. The van der Waals surface area contributed by atoms with Gasteiger partial charge in [0.2, 0.25) is 5.91 Å². The highest BCUT2D eigenvalue weighted by Crippen LogP contribution is 2.37. The number of carbonyl (C=O) groups excluding carboxylic acids is 1. The summed E-state index contributed by atoms with van der Waals surface area (Å²) in [5, 5.41) is 6.09. The number of ether oxygens (including phenoxy) is 1. The first-order valence-corrected chi connectivity index (χ1v) is 7.26. The highest BCUT2D eigenvalue weighted by Gasteiger charge is 2.32. The molecular weight excluding hydrogens is 276 g/mol. The number of hydrogen-bond acceptors (Lipinski definition) is 3. The Morgan fingerprint density at radius 1 is 1.14 bits per heavy atom. The van der Waals surface area contributed by atoms with Crippen molar-refractivity contribution in [2.45, 2.75) is 19.4 Å². The molecule has 0 fully saturated rings. The van der Waals surface area contributed by atoms with E-state index in [-0.39, 0.29) is 11.9 Å². The Bertz CT molecular complexity index is 710. The molecule has 0 saturated heterocycles. The normalized spacial score (nSPS) is 17.3. The number of carbonyl (C=O) groups is 1. The molecule has 0 unspecified atom stereocenters. The van der Waals surface area contributed by atoms with Crippen molar-refractivity contribution in [2.75, 3.05) is 7.11 Å². The molecule has 1 aliphatic rings. The Hall–Kier alpha value is -2.62. The molecule has 0 bridgehead atoms. The van der Waals surface area contributed by atoms with Crippen LogP contribution in [0.5, 0.6) is 5.75 Å². The summed E-state index contributed by atoms with van der Waals surface area (Å²) < 4.78 is 5.44. The van der Waals surface area contributed by atoms with E-state index in [1.54, 1.807) is 19.0 Å². The molecule has 3 rings (SSSR count). The molecule has 4 heteroatoms. The second-order valence-electron chi connectivity index (χ2n) is 5.24. The van der Waals surface area contributed by atoms with E-state index in [2.05, 4.69) is 5.10 Å². The maximum Gasteiger partial charge on any atom is 0.240 e. The Kier molecular flexibility index (Phi) is 3.92. The van der Waals surface area contributed by atoms with Crippen LogP contribution in [0.15, 0.2) is 59.7 Å². The third kappa shape index (κ3) is 2.60. The number of para-hydroxylation sites is 1. The fourth-order valence-corrected chi connectivity index (χ4v) is 2.79. The minimum absolute atomic E-state index is 0.0677. The summed E-state index contributed by atoms with van der Waals surface area (Å²) in [5.41, 5.74) is 2.95. The zero-order valence-electron chi connectivity index (χ0n) is 12.7. The standard InChI is InChI=1S/C18H18N2O2/c1-13(21)20-17(15-10-6-7-11-18(15)22-2)12-16(19-20)14-8-4-3-5-9-14/h3-11,17H,12H2,1-2H3/t17-/m1/s1. The number of hydrazone groups is 1. The van der Waals surface area contributed by atoms with Crippen molar-refractivity contribution in [3.05, 3.63) is 65.7 Å². The largest absolute Gasteiger partial charge is 0.496 e. The summed E-state index contributed by atoms with van der Waals surface area (Å²) in [6, 6.07) is 17.6. The average molecular weight is 294 g/mol. The number of rotatable bonds is 3. The SMILES string of the molecule is COc1ccccc1[C@H]1CC(c2ccccc2)=NN1C(C)=O. The van der Waals surface area contributed by atoms with E-state index in [9.17, 15) is 4.79 Å². The van der Waals surface area contributed by atoms with E-state index in [1.807, 2.05) is 54.6 Å². The number of amides is 1. The van der Waals surface area contributed by atoms with Crippen molar-refractivity contribution in [1.29, 1.82) is 0 Å². The molecule has 1 aliphatic heterocycles. The van der Waals surface area contributed by atoms with Gasteiger partial charge in [0, 0.05) is 18.9 Å². The lowest BCUT2D eigenvalue weighted by molar-refractivity contribution is -0.130. The van der Waals surface area contributed by atoms with Crippen LogP contribution < -0.4 is 4.74 Å². The molecule has 1 amide bonds. The van der Waals surface area contributed by atoms with Gasteiger partial charge < -0.3 is 4.74 Å². The molecule has 0 aliphatic carbocycles. The predicted octanol–water partition coefficient (Wildman–Crippen LogP) is 3.39. The molecule has 1 atom stereocenters. The molecule has 4 nitrogen and oxygen atoms in total. The highest BCUT2D eigenvalue weighted by atomic mass is 16.5. The van der Waals surface area contributed by atoms with Crippen molar-refractivity contribution >= 4 is 11.6 Å². The predicted molar refractivity (Wildman–Crippen MR) is 85.9 cm³/mol. The summed E-state index contributed by atoms with van der Waals surface area (Å²) in [6.45, 7) is 1.54. The van der Waals surface area contributed by atoms with Crippen LogP contribution in [0.1, 0.15) is 30.5 Å². The minimum Gasteiger partial charge on any atom is -0.496 e. The van der Waals surface area contributed by atoms with Gasteiger partial charge in [-0.25, -0.2) is 5.01 Å². The zero-order chi connectivity index (χ0) is 15.5. The van der Waals surface area contributed by atoms with Crippen LogP contribution in [0.2, 0.25) is 0 Å². The van der Waals surface area contributed by atoms with E-state index in [1.165, 1.54) is 0 Å². The third-order valence-corrected chi connectivity index (χ3v) is 3.84. The van der Waals surface area contributed by atoms with Crippen LogP contribution in [-0.2, 0) is 4.79 Å². The maximum absolute atomic E-state index is 12.0. The van der Waals surface area contributed by atoms with Crippen LogP contribution in [0.3, 0.4) is 0 Å². The minimum atomic E-state index is -0.121. The van der Waals surface area contributed by atoms with Gasteiger partial charge in [0.05, 0.1) is 18.9 Å². The molecular formula is C18H18N2O2. The second kappa shape index (κ2) is 6.02. The molecule has 0 radical (unpaired) electrons. The number of nitrogens with zero attached hydrogens (tertiary/aromatic N) is 2. The van der Waals surface area contributed by atoms with E-state index in [0.29, 0.717) is 6.42 Å². The first-order chi connectivity index (χ1) is 10.7. The molecule has 0 spiro atoms. The zero-order valence-corrected chi connectivity index (χ0v) is 12.7. The first kappa shape index (κ1) is 14.3. The Morgan fingerprint density at radius 2 is 1.82 bits per heavy atom. The van der Waals surface area contributed by atoms with E-state index in [0.717, 1.165) is 22.6 Å². The van der Waals surface area contributed by atoms with Crippen LogP contribution >= 0.6 is 0 Å². The Morgan fingerprint density at radius 3 is 2.50 bits per heavy atom. The summed E-state index contributed by atoms with van der Waals surface area (Å²) in [4.78, 5) is 12.0. The van der Waals surface area contributed by atoms with Crippen molar-refractivity contribution in [3.63, 3.8) is 0 Å². The van der Waals surface area contributed by atoms with Crippen molar-refractivity contribution in [1.82, 2.24) is 5.01 Å². The lowest BCUT2D eigenvalue weighted by atomic mass is 9.98. The number of methoxy groups -OCH3 is 1. The van der Waals surface area contributed by atoms with Gasteiger partial charge in [-0.3, -0.25) is 4.79 Å². The Labute approximate surface area is 130 Å². The molecule has 0 N–H and O–H groups in total. The number of benzene rings is 2. The average Bonchev–Trinajstić information content (AvgIpc) is 3.01. The van der Waals surface area contributed by atoms with Crippen molar-refractivity contribution in [3.8, 4) is 5.75 Å².